The molecule has 0 atom stereocenters. The fourth-order valence-electron chi connectivity index (χ4n) is 4.98. The van der Waals surface area contributed by atoms with Gasteiger partial charge in [-0.25, -0.2) is 25.4 Å². The minimum Gasteiger partial charge on any atom is -0.652 e. The molecule has 0 amide bonds. The number of hydrogen-bond acceptors (Lipinski definition) is 17. The molecule has 324 valence electrons. The van der Waals surface area contributed by atoms with Gasteiger partial charge in [-0.15, -0.1) is 22.7 Å². The molecule has 2 aromatic carbocycles. The molecule has 0 spiro atoms. The van der Waals surface area contributed by atoms with Gasteiger partial charge in [0.25, 0.3) is 20.0 Å². The van der Waals surface area contributed by atoms with Crippen LogP contribution in [0.1, 0.15) is 22.5 Å². The first-order valence-electron chi connectivity index (χ1n) is 17.9. The third kappa shape index (κ3) is 15.0. The van der Waals surface area contributed by atoms with E-state index in [9.17, 15) is 16.8 Å². The number of ether oxygens (including phenoxy) is 4. The number of carbonyl (C=O) groups excluding carboxylic acids is 1. The summed E-state index contributed by atoms with van der Waals surface area (Å²) in [5.41, 5.74) is 4.48. The van der Waals surface area contributed by atoms with Crippen molar-refractivity contribution in [2.75, 3.05) is 62.7 Å². The van der Waals surface area contributed by atoms with Crippen LogP contribution in [0.25, 0.3) is 20.9 Å². The van der Waals surface area contributed by atoms with Gasteiger partial charge in [-0.2, -0.15) is 0 Å². The summed E-state index contributed by atoms with van der Waals surface area (Å²) < 4.78 is 87.5. The van der Waals surface area contributed by atoms with Crippen LogP contribution >= 0.6 is 22.7 Å². The fraction of sp³-hybridized carbons (Fsp3) is 0.308. The van der Waals surface area contributed by atoms with Gasteiger partial charge in [0.05, 0.1) is 37.8 Å². The van der Waals surface area contributed by atoms with Crippen molar-refractivity contribution in [2.45, 2.75) is 36.1 Å². The van der Waals surface area contributed by atoms with Crippen LogP contribution < -0.4 is 77.9 Å². The summed E-state index contributed by atoms with van der Waals surface area (Å²) in [5, 5.41) is 24.4. The van der Waals surface area contributed by atoms with Crippen LogP contribution in [0, 0.1) is 27.7 Å². The summed E-state index contributed by atoms with van der Waals surface area (Å²) in [6.07, 6.45) is -2.33. The van der Waals surface area contributed by atoms with E-state index in [2.05, 4.69) is 10.3 Å². The minimum atomic E-state index is -3.89. The van der Waals surface area contributed by atoms with E-state index >= 15 is 0 Å². The molecule has 62 heavy (non-hydrogen) atoms. The summed E-state index contributed by atoms with van der Waals surface area (Å²) in [6.45, 7) is 7.90. The molecule has 0 N–H and O–H groups in total. The number of aryl methyl sites for hydroxylation is 2. The molecule has 6 rings (SSSR count). The van der Waals surface area contributed by atoms with Gasteiger partial charge in [-0.3, -0.25) is 0 Å². The molecule has 0 radical (unpaired) electrons. The van der Waals surface area contributed by atoms with Gasteiger partial charge in [0.15, 0.2) is 0 Å². The minimum absolute atomic E-state index is 0. The van der Waals surface area contributed by atoms with Gasteiger partial charge in [-0.1, -0.05) is 71.0 Å². The van der Waals surface area contributed by atoms with Crippen molar-refractivity contribution in [1.82, 2.24) is 10.3 Å². The standard InChI is InChI=1S/2C19H22N2O5S2.CH2O3.2Na/c2*1-14-15(2)20-26-19(14)21(13-25-12-11-24-3)28(22,23)18-10-9-17(27-18)16-7-5-4-6-8-16;2-1(3)4;;/h2*4-10H,11-13H2,1-3H3;(H2,2,3,4);;/q;;;2*+1/p-2. The second-order valence-corrected chi connectivity index (χ2v) is 18.7. The summed E-state index contributed by atoms with van der Waals surface area (Å²) in [5.74, 6) is 0.314. The van der Waals surface area contributed by atoms with Gasteiger partial charge < -0.3 is 43.0 Å². The van der Waals surface area contributed by atoms with Crippen LogP contribution in [0.5, 0.6) is 0 Å². The largest absolute Gasteiger partial charge is 1.00 e. The maximum absolute atomic E-state index is 13.3. The first kappa shape index (κ1) is 55.0. The molecule has 0 aliphatic heterocycles. The van der Waals surface area contributed by atoms with Gasteiger partial charge in [-0.05, 0) is 69.2 Å². The number of nitrogens with zero attached hydrogens (tertiary/aromatic N) is 4. The zero-order valence-corrected chi connectivity index (χ0v) is 42.8. The van der Waals surface area contributed by atoms with E-state index in [4.69, 9.17) is 43.0 Å². The van der Waals surface area contributed by atoms with Crippen LogP contribution in [-0.4, -0.2) is 87.4 Å². The van der Waals surface area contributed by atoms with Crippen LogP contribution in [-0.2, 0) is 39.0 Å². The van der Waals surface area contributed by atoms with Crippen molar-refractivity contribution in [3.05, 3.63) is 107 Å². The zero-order chi connectivity index (χ0) is 43.9. The Hall–Kier alpha value is -3.13. The molecule has 4 aromatic heterocycles. The number of carboxylic acid groups (broad SMARTS) is 2. The maximum atomic E-state index is 13.3. The number of carbonyl (C=O) groups is 1. The molecular weight excluding hydrogens is 907 g/mol. The predicted molar refractivity (Wildman–Crippen MR) is 222 cm³/mol. The van der Waals surface area contributed by atoms with Crippen LogP contribution in [0.15, 0.2) is 102 Å². The van der Waals surface area contributed by atoms with E-state index in [1.54, 1.807) is 66.2 Å². The molecule has 0 bridgehead atoms. The Kier molecular flexibility index (Phi) is 23.6. The molecule has 6 aromatic rings. The number of anilines is 2. The monoisotopic (exact) mass is 950 g/mol. The van der Waals surface area contributed by atoms with E-state index in [-0.39, 0.29) is 106 Å². The zero-order valence-electron chi connectivity index (χ0n) is 35.6. The summed E-state index contributed by atoms with van der Waals surface area (Å²) in [4.78, 5) is 10.1. The number of thiophene rings is 2. The average molecular weight is 951 g/mol. The van der Waals surface area contributed by atoms with E-state index in [0.29, 0.717) is 35.7 Å². The fourth-order valence-corrected chi connectivity index (χ4v) is 10.5. The number of benzene rings is 2. The van der Waals surface area contributed by atoms with Crippen LogP contribution in [0.2, 0.25) is 0 Å². The second-order valence-electron chi connectivity index (χ2n) is 12.4. The van der Waals surface area contributed by atoms with E-state index < -0.39 is 26.2 Å². The van der Waals surface area contributed by atoms with E-state index in [1.807, 2.05) is 60.7 Å². The molecule has 0 saturated carbocycles. The number of sulfonamides is 2. The van der Waals surface area contributed by atoms with Gasteiger partial charge in [0, 0.05) is 35.1 Å². The number of rotatable bonds is 18. The topological polar surface area (TPSA) is 227 Å². The molecule has 0 fully saturated rings. The third-order valence-corrected chi connectivity index (χ3v) is 15.0. The Labute approximate surface area is 413 Å². The normalized spacial score (nSPS) is 10.9. The smallest absolute Gasteiger partial charge is 0.652 e. The number of methoxy groups -OCH3 is 2. The average Bonchev–Trinajstić information content (AvgIpc) is 4.06. The second kappa shape index (κ2) is 26.6. The molecule has 0 unspecified atom stereocenters. The van der Waals surface area contributed by atoms with E-state index in [1.165, 1.54) is 22.7 Å². The van der Waals surface area contributed by atoms with Crippen molar-refractivity contribution in [3.63, 3.8) is 0 Å². The Bertz CT molecular complexity index is 2310. The Balaban J connectivity index is 0.000000381. The van der Waals surface area contributed by atoms with Crippen molar-refractivity contribution < 1.29 is 119 Å². The van der Waals surface area contributed by atoms with Gasteiger partial charge in [0.1, 0.15) is 21.9 Å². The summed E-state index contributed by atoms with van der Waals surface area (Å²) >= 11 is 2.40. The van der Waals surface area contributed by atoms with Crippen molar-refractivity contribution in [2.24, 2.45) is 0 Å². The Morgan fingerprint density at radius 3 is 1.23 bits per heavy atom. The van der Waals surface area contributed by atoms with Crippen LogP contribution in [0.3, 0.4) is 0 Å². The summed E-state index contributed by atoms with van der Waals surface area (Å²) in [7, 11) is -4.66. The van der Waals surface area contributed by atoms with Crippen molar-refractivity contribution in [1.29, 1.82) is 0 Å². The number of aromatic nitrogens is 2. The molecule has 0 aliphatic carbocycles. The first-order chi connectivity index (χ1) is 28.6. The Morgan fingerprint density at radius 1 is 0.597 bits per heavy atom. The van der Waals surface area contributed by atoms with Gasteiger partial charge >= 0.3 is 59.1 Å². The van der Waals surface area contributed by atoms with E-state index in [0.717, 1.165) is 29.5 Å². The number of hydrogen-bond donors (Lipinski definition) is 0. The van der Waals surface area contributed by atoms with Crippen molar-refractivity contribution in [3.8, 4) is 20.9 Å². The third-order valence-electron chi connectivity index (χ3n) is 8.37. The maximum Gasteiger partial charge on any atom is 1.00 e. The molecule has 0 aliphatic rings. The molecule has 23 heteroatoms. The van der Waals surface area contributed by atoms with Crippen molar-refractivity contribution >= 4 is 60.6 Å². The summed E-state index contributed by atoms with van der Waals surface area (Å²) in [6, 6.07) is 26.1. The first-order valence-corrected chi connectivity index (χ1v) is 22.4. The molecule has 17 nitrogen and oxygen atoms in total. The SMILES string of the molecule is COCCOCN(c1onc(C)c1C)S(=O)(=O)c1ccc(-c2ccccc2)s1.COCCOCN(c1onc(C)c1C)S(=O)(=O)c1ccc(-c2ccccc2)s1.O=C([O-])[O-].[Na+].[Na+]. The van der Waals surface area contributed by atoms with Crippen LogP contribution in [0.4, 0.5) is 16.6 Å². The molecule has 0 saturated heterocycles. The molecule has 4 heterocycles. The van der Waals surface area contributed by atoms with Gasteiger partial charge in [0.2, 0.25) is 11.8 Å². The Morgan fingerprint density at radius 2 is 0.935 bits per heavy atom. The predicted octanol–water partition coefficient (Wildman–Crippen LogP) is -0.768. The quantitative estimate of drug-likeness (QED) is 0.0586. The molecular formula is C39H44N4Na2O13S4.